The molecule has 2 aromatic carbocycles. The van der Waals surface area contributed by atoms with Crippen LogP contribution in [0.5, 0.6) is 0 Å². The average molecular weight is 204 g/mol. The Morgan fingerprint density at radius 3 is 2.56 bits per heavy atom. The van der Waals surface area contributed by atoms with Crippen molar-refractivity contribution in [1.82, 2.24) is 0 Å². The fraction of sp³-hybridized carbons (Fsp3) is 0.0625. The molecule has 0 heterocycles. The molecule has 1 aliphatic rings. The Morgan fingerprint density at radius 1 is 1.06 bits per heavy atom. The van der Waals surface area contributed by atoms with E-state index in [2.05, 4.69) is 60.9 Å². The van der Waals surface area contributed by atoms with Crippen LogP contribution in [-0.4, -0.2) is 0 Å². The molecule has 0 aromatic heterocycles. The molecule has 2 aromatic rings. The number of hydrogen-bond acceptors (Lipinski definition) is 0. The number of rotatable bonds is 0. The molecule has 16 heavy (non-hydrogen) atoms. The Morgan fingerprint density at radius 2 is 1.81 bits per heavy atom. The minimum Gasteiger partial charge on any atom is -0.120 e. The minimum absolute atomic E-state index is 1.01. The molecular weight excluding hydrogens is 192 g/mol. The Balaban J connectivity index is 2.36. The molecular formula is C16H12. The van der Waals surface area contributed by atoms with E-state index in [4.69, 9.17) is 0 Å². The Bertz CT molecular complexity index is 638. The van der Waals surface area contributed by atoms with E-state index in [0.717, 1.165) is 12.0 Å². The van der Waals surface area contributed by atoms with E-state index in [9.17, 15) is 0 Å². The van der Waals surface area contributed by atoms with Gasteiger partial charge in [0.05, 0.1) is 0 Å². The zero-order chi connectivity index (χ0) is 11.0. The lowest BCUT2D eigenvalue weighted by Gasteiger charge is -2.13. The van der Waals surface area contributed by atoms with E-state index in [0.29, 0.717) is 0 Å². The fourth-order valence-electron chi connectivity index (χ4n) is 2.25. The smallest absolute Gasteiger partial charge is 0.0230 e. The van der Waals surface area contributed by atoms with Gasteiger partial charge < -0.3 is 0 Å². The monoisotopic (exact) mass is 204 g/mol. The first-order chi connectivity index (χ1) is 7.88. The highest BCUT2D eigenvalue weighted by Crippen LogP contribution is 2.29. The second-order valence-corrected chi connectivity index (χ2v) is 4.05. The third-order valence-electron chi connectivity index (χ3n) is 3.07. The van der Waals surface area contributed by atoms with E-state index in [1.807, 2.05) is 0 Å². The molecule has 76 valence electrons. The first kappa shape index (κ1) is 9.21. The van der Waals surface area contributed by atoms with Gasteiger partial charge in [-0.1, -0.05) is 49.1 Å². The van der Waals surface area contributed by atoms with Gasteiger partial charge in [-0.25, -0.2) is 0 Å². The molecule has 0 N–H and O–H groups in total. The van der Waals surface area contributed by atoms with Crippen molar-refractivity contribution in [3.8, 4) is 0 Å². The first-order valence-electron chi connectivity index (χ1n) is 5.47. The predicted octanol–water partition coefficient (Wildman–Crippen LogP) is 4.12. The largest absolute Gasteiger partial charge is 0.120 e. The predicted molar refractivity (Wildman–Crippen MR) is 69.3 cm³/mol. The minimum atomic E-state index is 1.01. The van der Waals surface area contributed by atoms with Gasteiger partial charge in [-0.15, -0.1) is 5.73 Å². The lowest BCUT2D eigenvalue weighted by atomic mass is 9.90. The SMILES string of the molecule is C=C=C1C=CCc2cc3ccccc3cc21. The van der Waals surface area contributed by atoms with Crippen molar-refractivity contribution in [3.05, 3.63) is 72.0 Å². The van der Waals surface area contributed by atoms with Crippen LogP contribution >= 0.6 is 0 Å². The van der Waals surface area contributed by atoms with Gasteiger partial charge in [0.25, 0.3) is 0 Å². The summed E-state index contributed by atoms with van der Waals surface area (Å²) in [6, 6.07) is 13.0. The molecule has 0 aliphatic heterocycles. The first-order valence-corrected chi connectivity index (χ1v) is 5.47. The number of benzene rings is 2. The van der Waals surface area contributed by atoms with Crippen LogP contribution in [0.3, 0.4) is 0 Å². The molecule has 0 spiro atoms. The van der Waals surface area contributed by atoms with Crippen LogP contribution in [0.15, 0.2) is 60.9 Å². The Hall–Kier alpha value is -2.04. The van der Waals surface area contributed by atoms with Gasteiger partial charge >= 0.3 is 0 Å². The highest BCUT2D eigenvalue weighted by molar-refractivity contribution is 5.90. The fourth-order valence-corrected chi connectivity index (χ4v) is 2.25. The van der Waals surface area contributed by atoms with Crippen molar-refractivity contribution >= 4 is 16.3 Å². The van der Waals surface area contributed by atoms with Crippen LogP contribution < -0.4 is 0 Å². The summed E-state index contributed by atoms with van der Waals surface area (Å²) in [6.07, 6.45) is 5.28. The van der Waals surface area contributed by atoms with E-state index < -0.39 is 0 Å². The molecule has 0 bridgehead atoms. The summed E-state index contributed by atoms with van der Waals surface area (Å²) in [5.41, 5.74) is 6.75. The normalized spacial score (nSPS) is 13.6. The van der Waals surface area contributed by atoms with Gasteiger partial charge in [-0.2, -0.15) is 0 Å². The maximum atomic E-state index is 3.75. The summed E-state index contributed by atoms with van der Waals surface area (Å²) in [5.74, 6) is 0. The summed E-state index contributed by atoms with van der Waals surface area (Å²) in [6.45, 7) is 3.75. The van der Waals surface area contributed by atoms with E-state index >= 15 is 0 Å². The van der Waals surface area contributed by atoms with Crippen molar-refractivity contribution < 1.29 is 0 Å². The van der Waals surface area contributed by atoms with Crippen molar-refractivity contribution in [2.45, 2.75) is 6.42 Å². The van der Waals surface area contributed by atoms with Gasteiger partial charge in [0, 0.05) is 5.57 Å². The summed E-state index contributed by atoms with van der Waals surface area (Å²) in [5, 5.41) is 2.59. The third kappa shape index (κ3) is 1.32. The third-order valence-corrected chi connectivity index (χ3v) is 3.07. The maximum Gasteiger partial charge on any atom is 0.0230 e. The maximum absolute atomic E-state index is 3.75. The second kappa shape index (κ2) is 3.52. The van der Waals surface area contributed by atoms with E-state index in [-0.39, 0.29) is 0 Å². The van der Waals surface area contributed by atoms with Crippen LogP contribution in [0.25, 0.3) is 16.3 Å². The molecule has 0 saturated heterocycles. The molecule has 0 atom stereocenters. The molecule has 0 heteroatoms. The molecule has 0 unspecified atom stereocenters. The zero-order valence-corrected chi connectivity index (χ0v) is 9.03. The summed E-state index contributed by atoms with van der Waals surface area (Å²) < 4.78 is 0. The van der Waals surface area contributed by atoms with Gasteiger partial charge in [0.2, 0.25) is 0 Å². The van der Waals surface area contributed by atoms with E-state index in [1.54, 1.807) is 0 Å². The lowest BCUT2D eigenvalue weighted by Crippen LogP contribution is -1.96. The van der Waals surface area contributed by atoms with Crippen LogP contribution in [-0.2, 0) is 6.42 Å². The van der Waals surface area contributed by atoms with Crippen molar-refractivity contribution in [2.75, 3.05) is 0 Å². The molecule has 0 amide bonds. The molecule has 0 saturated carbocycles. The second-order valence-electron chi connectivity index (χ2n) is 4.05. The number of fused-ring (bicyclic) bond motifs is 2. The highest BCUT2D eigenvalue weighted by Gasteiger charge is 2.10. The highest BCUT2D eigenvalue weighted by atomic mass is 14.1. The van der Waals surface area contributed by atoms with Crippen molar-refractivity contribution in [1.29, 1.82) is 0 Å². The van der Waals surface area contributed by atoms with Crippen molar-refractivity contribution in [3.63, 3.8) is 0 Å². The van der Waals surface area contributed by atoms with E-state index in [1.165, 1.54) is 21.9 Å². The lowest BCUT2D eigenvalue weighted by molar-refractivity contribution is 1.24. The molecule has 0 fully saturated rings. The zero-order valence-electron chi connectivity index (χ0n) is 9.03. The summed E-state index contributed by atoms with van der Waals surface area (Å²) in [4.78, 5) is 0. The topological polar surface area (TPSA) is 0 Å². The van der Waals surface area contributed by atoms with Crippen molar-refractivity contribution in [2.24, 2.45) is 0 Å². The Kier molecular flexibility index (Phi) is 2.02. The van der Waals surface area contributed by atoms with Crippen LogP contribution in [0, 0.1) is 0 Å². The standard InChI is InChI=1S/C16H12/c1-2-12-8-5-9-15-10-13-6-3-4-7-14(13)11-16(12)15/h3-8,10-11H,1,9H2. The van der Waals surface area contributed by atoms with Gasteiger partial charge in [-0.3, -0.25) is 0 Å². The molecule has 1 aliphatic carbocycles. The molecule has 3 rings (SSSR count). The molecule has 0 nitrogen and oxygen atoms in total. The van der Waals surface area contributed by atoms with Gasteiger partial charge in [-0.05, 0) is 34.4 Å². The van der Waals surface area contributed by atoms with Crippen LogP contribution in [0.1, 0.15) is 11.1 Å². The summed E-state index contributed by atoms with van der Waals surface area (Å²) in [7, 11) is 0. The van der Waals surface area contributed by atoms with Gasteiger partial charge in [0.1, 0.15) is 0 Å². The van der Waals surface area contributed by atoms with Gasteiger partial charge in [0.15, 0.2) is 0 Å². The average Bonchev–Trinajstić information content (AvgIpc) is 2.35. The quantitative estimate of drug-likeness (QED) is 0.566. The number of hydrogen-bond donors (Lipinski definition) is 0. The number of allylic oxidation sites excluding steroid dienone is 3. The Labute approximate surface area is 95.2 Å². The molecule has 0 radical (unpaired) electrons. The van der Waals surface area contributed by atoms with Crippen LogP contribution in [0.4, 0.5) is 0 Å². The summed E-state index contributed by atoms with van der Waals surface area (Å²) >= 11 is 0. The van der Waals surface area contributed by atoms with Crippen LogP contribution in [0.2, 0.25) is 0 Å².